The van der Waals surface area contributed by atoms with Crippen molar-refractivity contribution >= 4 is 12.8 Å². The van der Waals surface area contributed by atoms with E-state index >= 15 is 0 Å². The van der Waals surface area contributed by atoms with E-state index in [-0.39, 0.29) is 5.92 Å². The molecule has 0 radical (unpaired) electrons. The zero-order chi connectivity index (χ0) is 13.2. The Labute approximate surface area is 110 Å². The first-order valence-electron chi connectivity index (χ1n) is 6.09. The molecule has 0 bridgehead atoms. The molecule has 1 unspecified atom stereocenters. The summed E-state index contributed by atoms with van der Waals surface area (Å²) in [6, 6.07) is 15.8. The highest BCUT2D eigenvalue weighted by Gasteiger charge is 2.35. The molecule has 1 aliphatic rings. The SMILES string of the molecule is O=COC(C=O)C1c2ccccc2-c2ccccc21. The van der Waals surface area contributed by atoms with Crippen LogP contribution in [-0.4, -0.2) is 18.9 Å². The Bertz CT molecular complexity index is 588. The van der Waals surface area contributed by atoms with Gasteiger partial charge in [-0.2, -0.15) is 0 Å². The molecular weight excluding hydrogens is 240 g/mol. The molecule has 2 aromatic carbocycles. The predicted octanol–water partition coefficient (Wildman–Crippen LogP) is 2.54. The van der Waals surface area contributed by atoms with Gasteiger partial charge in [0, 0.05) is 0 Å². The predicted molar refractivity (Wildman–Crippen MR) is 70.7 cm³/mol. The second-order valence-corrected chi connectivity index (χ2v) is 4.49. The van der Waals surface area contributed by atoms with E-state index in [0.717, 1.165) is 22.3 Å². The number of carbonyl (C=O) groups is 2. The fraction of sp³-hybridized carbons (Fsp3) is 0.125. The van der Waals surface area contributed by atoms with Crippen LogP contribution < -0.4 is 0 Å². The first kappa shape index (κ1) is 11.7. The van der Waals surface area contributed by atoms with Crippen molar-refractivity contribution in [2.45, 2.75) is 12.0 Å². The van der Waals surface area contributed by atoms with Gasteiger partial charge in [0.05, 0.1) is 5.92 Å². The van der Waals surface area contributed by atoms with Crippen molar-refractivity contribution in [2.24, 2.45) is 0 Å². The van der Waals surface area contributed by atoms with Gasteiger partial charge < -0.3 is 4.74 Å². The highest BCUT2D eigenvalue weighted by Crippen LogP contribution is 2.46. The summed E-state index contributed by atoms with van der Waals surface area (Å²) in [4.78, 5) is 21.8. The van der Waals surface area contributed by atoms with Gasteiger partial charge in [0.25, 0.3) is 6.47 Å². The first-order chi connectivity index (χ1) is 9.36. The Kier molecular flexibility index (Phi) is 2.88. The molecule has 0 saturated carbocycles. The molecule has 0 aliphatic heterocycles. The van der Waals surface area contributed by atoms with Crippen LogP contribution in [0.5, 0.6) is 0 Å². The van der Waals surface area contributed by atoms with E-state index in [1.54, 1.807) is 0 Å². The summed E-state index contributed by atoms with van der Waals surface area (Å²) in [7, 11) is 0. The van der Waals surface area contributed by atoms with Crippen LogP contribution in [0.1, 0.15) is 17.0 Å². The van der Waals surface area contributed by atoms with Crippen LogP contribution in [0.4, 0.5) is 0 Å². The minimum Gasteiger partial charge on any atom is -0.456 e. The lowest BCUT2D eigenvalue weighted by Crippen LogP contribution is -2.23. The lowest BCUT2D eigenvalue weighted by molar-refractivity contribution is -0.139. The Morgan fingerprint density at radius 1 is 0.895 bits per heavy atom. The van der Waals surface area contributed by atoms with Crippen molar-refractivity contribution in [1.29, 1.82) is 0 Å². The van der Waals surface area contributed by atoms with Crippen LogP contribution in [0, 0.1) is 0 Å². The molecule has 0 fully saturated rings. The van der Waals surface area contributed by atoms with Crippen LogP contribution in [0.15, 0.2) is 48.5 Å². The number of ether oxygens (including phenoxy) is 1. The number of aldehydes is 1. The lowest BCUT2D eigenvalue weighted by Gasteiger charge is -2.18. The zero-order valence-electron chi connectivity index (χ0n) is 10.2. The monoisotopic (exact) mass is 252 g/mol. The van der Waals surface area contributed by atoms with Crippen molar-refractivity contribution in [3.05, 3.63) is 59.7 Å². The molecular formula is C16H12O3. The molecule has 3 rings (SSSR count). The van der Waals surface area contributed by atoms with E-state index in [4.69, 9.17) is 4.74 Å². The maximum Gasteiger partial charge on any atom is 0.293 e. The van der Waals surface area contributed by atoms with Gasteiger partial charge in [0.1, 0.15) is 0 Å². The minimum atomic E-state index is -0.776. The fourth-order valence-corrected chi connectivity index (χ4v) is 2.80. The third kappa shape index (κ3) is 1.74. The summed E-state index contributed by atoms with van der Waals surface area (Å²) in [5.41, 5.74) is 4.26. The van der Waals surface area contributed by atoms with Crippen molar-refractivity contribution < 1.29 is 14.3 Å². The van der Waals surface area contributed by atoms with E-state index in [1.165, 1.54) is 0 Å². The van der Waals surface area contributed by atoms with E-state index in [0.29, 0.717) is 12.8 Å². The van der Waals surface area contributed by atoms with E-state index in [2.05, 4.69) is 0 Å². The smallest absolute Gasteiger partial charge is 0.293 e. The average Bonchev–Trinajstić information content (AvgIpc) is 2.80. The Morgan fingerprint density at radius 2 is 1.42 bits per heavy atom. The van der Waals surface area contributed by atoms with Crippen molar-refractivity contribution in [3.63, 3.8) is 0 Å². The Hall–Kier alpha value is -2.42. The maximum absolute atomic E-state index is 11.2. The minimum absolute atomic E-state index is 0.213. The number of carbonyl (C=O) groups excluding carboxylic acids is 2. The van der Waals surface area contributed by atoms with Gasteiger partial charge in [-0.1, -0.05) is 48.5 Å². The maximum atomic E-state index is 11.2. The molecule has 0 heterocycles. The topological polar surface area (TPSA) is 43.4 Å². The van der Waals surface area contributed by atoms with Gasteiger partial charge >= 0.3 is 0 Å². The Balaban J connectivity index is 2.19. The summed E-state index contributed by atoms with van der Waals surface area (Å²) in [5, 5.41) is 0. The number of hydrogen-bond acceptors (Lipinski definition) is 3. The summed E-state index contributed by atoms with van der Waals surface area (Å²) >= 11 is 0. The molecule has 0 amide bonds. The molecule has 1 aliphatic carbocycles. The number of fused-ring (bicyclic) bond motifs is 3. The molecule has 0 aromatic heterocycles. The molecule has 1 atom stereocenters. The molecule has 94 valence electrons. The molecule has 2 aromatic rings. The highest BCUT2D eigenvalue weighted by molar-refractivity contribution is 5.81. The van der Waals surface area contributed by atoms with E-state index in [9.17, 15) is 9.59 Å². The Morgan fingerprint density at radius 3 is 1.89 bits per heavy atom. The summed E-state index contributed by atoms with van der Waals surface area (Å²) < 4.78 is 4.94. The third-order valence-corrected chi connectivity index (χ3v) is 3.56. The summed E-state index contributed by atoms with van der Waals surface area (Å²) in [6.45, 7) is 0.336. The first-order valence-corrected chi connectivity index (χ1v) is 6.09. The average molecular weight is 252 g/mol. The number of rotatable bonds is 4. The van der Waals surface area contributed by atoms with Gasteiger partial charge in [0.2, 0.25) is 0 Å². The standard InChI is InChI=1S/C16H12O3/c17-9-15(19-10-18)16-13-7-3-1-5-11(13)12-6-2-4-8-14(12)16/h1-10,15-16H. The van der Waals surface area contributed by atoms with Crippen molar-refractivity contribution in [1.82, 2.24) is 0 Å². The molecule has 0 saturated heterocycles. The largest absolute Gasteiger partial charge is 0.456 e. The van der Waals surface area contributed by atoms with Crippen LogP contribution in [0.2, 0.25) is 0 Å². The quantitative estimate of drug-likeness (QED) is 0.785. The van der Waals surface area contributed by atoms with Crippen LogP contribution in [-0.2, 0) is 14.3 Å². The fourth-order valence-electron chi connectivity index (χ4n) is 2.80. The van der Waals surface area contributed by atoms with Gasteiger partial charge in [-0.05, 0) is 22.3 Å². The van der Waals surface area contributed by atoms with Crippen LogP contribution in [0.25, 0.3) is 11.1 Å². The van der Waals surface area contributed by atoms with Crippen LogP contribution in [0.3, 0.4) is 0 Å². The summed E-state index contributed by atoms with van der Waals surface area (Å²) in [5.74, 6) is -0.213. The van der Waals surface area contributed by atoms with Gasteiger partial charge in [0.15, 0.2) is 12.4 Å². The third-order valence-electron chi connectivity index (χ3n) is 3.56. The van der Waals surface area contributed by atoms with Crippen molar-refractivity contribution in [3.8, 4) is 11.1 Å². The zero-order valence-corrected chi connectivity index (χ0v) is 10.2. The molecule has 0 N–H and O–H groups in total. The molecule has 3 nitrogen and oxygen atoms in total. The number of benzene rings is 2. The second kappa shape index (κ2) is 4.69. The number of hydrogen-bond donors (Lipinski definition) is 0. The van der Waals surface area contributed by atoms with Gasteiger partial charge in [-0.3, -0.25) is 9.59 Å². The van der Waals surface area contributed by atoms with Gasteiger partial charge in [-0.15, -0.1) is 0 Å². The molecule has 0 spiro atoms. The lowest BCUT2D eigenvalue weighted by atomic mass is 9.92. The molecule has 3 heteroatoms. The van der Waals surface area contributed by atoms with Crippen molar-refractivity contribution in [2.75, 3.05) is 0 Å². The molecule has 19 heavy (non-hydrogen) atoms. The second-order valence-electron chi connectivity index (χ2n) is 4.49. The summed E-state index contributed by atoms with van der Waals surface area (Å²) in [6.07, 6.45) is -0.0832. The normalized spacial score (nSPS) is 14.3. The highest BCUT2D eigenvalue weighted by atomic mass is 16.5. The van der Waals surface area contributed by atoms with E-state index in [1.807, 2.05) is 48.5 Å². The van der Waals surface area contributed by atoms with E-state index < -0.39 is 6.10 Å². The van der Waals surface area contributed by atoms with Gasteiger partial charge in [-0.25, -0.2) is 0 Å². The van der Waals surface area contributed by atoms with Crippen LogP contribution >= 0.6 is 0 Å².